The molecule has 0 aromatic heterocycles. The molecule has 2 aliphatic heterocycles. The minimum atomic E-state index is -0.858. The average molecular weight is 365 g/mol. The fraction of sp³-hybridized carbons (Fsp3) is 0.333. The van der Waals surface area contributed by atoms with Gasteiger partial charge in [-0.25, -0.2) is 4.79 Å². The lowest BCUT2D eigenvalue weighted by atomic mass is 10.0. The Morgan fingerprint density at radius 2 is 1.48 bits per heavy atom. The Morgan fingerprint density at radius 1 is 0.852 bits per heavy atom. The largest absolute Gasteiger partial charge is 0.465 e. The van der Waals surface area contributed by atoms with Gasteiger partial charge in [0, 0.05) is 43.8 Å². The highest BCUT2D eigenvalue weighted by atomic mass is 16.4. The summed E-state index contributed by atoms with van der Waals surface area (Å²) in [4.78, 5) is 26.9. The Hall–Kier alpha value is -2.86. The van der Waals surface area contributed by atoms with Crippen LogP contribution in [0.2, 0.25) is 0 Å². The van der Waals surface area contributed by atoms with Crippen LogP contribution in [-0.2, 0) is 0 Å². The molecule has 2 saturated heterocycles. The number of nitrogens with one attached hydrogen (secondary N) is 1. The molecule has 0 saturated carbocycles. The first-order valence-corrected chi connectivity index (χ1v) is 9.29. The van der Waals surface area contributed by atoms with Crippen molar-refractivity contribution in [1.29, 1.82) is 0 Å². The minimum absolute atomic E-state index is 0.0475. The fourth-order valence-corrected chi connectivity index (χ4v) is 3.77. The minimum Gasteiger partial charge on any atom is -0.465 e. The van der Waals surface area contributed by atoms with E-state index in [0.717, 1.165) is 17.5 Å². The van der Waals surface area contributed by atoms with Gasteiger partial charge in [-0.05, 0) is 29.7 Å². The summed E-state index contributed by atoms with van der Waals surface area (Å²) >= 11 is 0. The Labute approximate surface area is 158 Å². The molecule has 27 heavy (non-hydrogen) atoms. The summed E-state index contributed by atoms with van der Waals surface area (Å²) in [5, 5.41) is 12.5. The van der Waals surface area contributed by atoms with Crippen molar-refractivity contribution in [2.45, 2.75) is 18.5 Å². The Kier molecular flexibility index (Phi) is 4.81. The number of hydrogen-bond donors (Lipinski definition) is 2. The van der Waals surface area contributed by atoms with Gasteiger partial charge >= 0.3 is 6.09 Å². The molecular formula is C21H23N3O3. The molecule has 2 amide bonds. The zero-order chi connectivity index (χ0) is 18.8. The highest BCUT2D eigenvalue weighted by Gasteiger charge is 2.34. The summed E-state index contributed by atoms with van der Waals surface area (Å²) in [5.74, 6) is 0.0475. The van der Waals surface area contributed by atoms with Crippen LogP contribution in [0, 0.1) is 0 Å². The molecule has 140 valence electrons. The Bertz CT molecular complexity index is 816. The summed E-state index contributed by atoms with van der Waals surface area (Å²) < 4.78 is 0. The van der Waals surface area contributed by atoms with E-state index >= 15 is 0 Å². The van der Waals surface area contributed by atoms with E-state index in [1.165, 1.54) is 4.90 Å². The zero-order valence-electron chi connectivity index (χ0n) is 15.0. The van der Waals surface area contributed by atoms with Crippen molar-refractivity contribution >= 4 is 12.0 Å². The van der Waals surface area contributed by atoms with E-state index < -0.39 is 6.09 Å². The van der Waals surface area contributed by atoms with Crippen molar-refractivity contribution in [1.82, 2.24) is 15.1 Å². The maximum Gasteiger partial charge on any atom is 0.407 e. The molecule has 2 aromatic rings. The molecule has 1 atom stereocenters. The number of nitrogens with zero attached hydrogens (tertiary/aromatic N) is 2. The van der Waals surface area contributed by atoms with Crippen molar-refractivity contribution in [2.75, 3.05) is 26.2 Å². The van der Waals surface area contributed by atoms with Crippen LogP contribution in [0.3, 0.4) is 0 Å². The highest BCUT2D eigenvalue weighted by molar-refractivity contribution is 5.95. The van der Waals surface area contributed by atoms with Crippen molar-refractivity contribution < 1.29 is 14.7 Å². The monoisotopic (exact) mass is 365 g/mol. The van der Waals surface area contributed by atoms with E-state index in [1.54, 1.807) is 0 Å². The van der Waals surface area contributed by atoms with Gasteiger partial charge in [-0.15, -0.1) is 0 Å². The van der Waals surface area contributed by atoms with Gasteiger partial charge in [-0.3, -0.25) is 4.79 Å². The predicted octanol–water partition coefficient (Wildman–Crippen LogP) is 2.52. The third-order valence-corrected chi connectivity index (χ3v) is 5.34. The van der Waals surface area contributed by atoms with E-state index in [1.807, 2.05) is 47.4 Å². The molecule has 0 bridgehead atoms. The molecule has 6 heteroatoms. The number of benzene rings is 2. The molecule has 2 fully saturated rings. The van der Waals surface area contributed by atoms with Crippen molar-refractivity contribution in [3.05, 3.63) is 60.2 Å². The smallest absolute Gasteiger partial charge is 0.407 e. The lowest BCUT2D eigenvalue weighted by Gasteiger charge is -2.41. The van der Waals surface area contributed by atoms with Crippen LogP contribution >= 0.6 is 0 Å². The van der Waals surface area contributed by atoms with Gasteiger partial charge < -0.3 is 20.2 Å². The van der Waals surface area contributed by atoms with E-state index in [0.29, 0.717) is 31.7 Å². The Balaban J connectivity index is 1.28. The van der Waals surface area contributed by atoms with Gasteiger partial charge in [0.25, 0.3) is 5.91 Å². The second kappa shape index (κ2) is 7.40. The lowest BCUT2D eigenvalue weighted by Crippen LogP contribution is -2.62. The number of carboxylic acid groups (broad SMARTS) is 1. The van der Waals surface area contributed by atoms with E-state index in [9.17, 15) is 9.59 Å². The second-order valence-corrected chi connectivity index (χ2v) is 7.23. The molecule has 4 rings (SSSR count). The molecule has 6 nitrogen and oxygen atoms in total. The predicted molar refractivity (Wildman–Crippen MR) is 103 cm³/mol. The third-order valence-electron chi connectivity index (χ3n) is 5.34. The quantitative estimate of drug-likeness (QED) is 0.873. The number of carbonyl (C=O) groups is 2. The molecule has 2 heterocycles. The molecule has 2 aliphatic rings. The van der Waals surface area contributed by atoms with E-state index in [2.05, 4.69) is 17.4 Å². The summed E-state index contributed by atoms with van der Waals surface area (Å²) in [5.41, 5.74) is 2.93. The van der Waals surface area contributed by atoms with Gasteiger partial charge in [0.05, 0.1) is 0 Å². The van der Waals surface area contributed by atoms with E-state index in [-0.39, 0.29) is 18.0 Å². The molecule has 2 N–H and O–H groups in total. The van der Waals surface area contributed by atoms with Crippen LogP contribution in [0.15, 0.2) is 54.6 Å². The van der Waals surface area contributed by atoms with Crippen LogP contribution in [0.4, 0.5) is 4.79 Å². The summed E-state index contributed by atoms with van der Waals surface area (Å²) in [6.45, 7) is 2.45. The summed E-state index contributed by atoms with van der Waals surface area (Å²) in [6.07, 6.45) is -0.0267. The van der Waals surface area contributed by atoms with Gasteiger partial charge in [0.15, 0.2) is 0 Å². The molecule has 0 radical (unpaired) electrons. The maximum absolute atomic E-state index is 12.6. The number of likely N-dealkylation sites (tertiary alicyclic amines) is 2. The van der Waals surface area contributed by atoms with Crippen LogP contribution in [0.25, 0.3) is 11.1 Å². The SMILES string of the molecule is O=C(O)N1CCC(NC2CN(C(=O)c3ccc(-c4ccccc4)cc3)C2)C1. The molecule has 2 aromatic carbocycles. The first-order valence-electron chi connectivity index (χ1n) is 9.29. The van der Waals surface area contributed by atoms with Crippen LogP contribution in [-0.4, -0.2) is 65.2 Å². The van der Waals surface area contributed by atoms with E-state index in [4.69, 9.17) is 5.11 Å². The van der Waals surface area contributed by atoms with Crippen LogP contribution in [0.5, 0.6) is 0 Å². The van der Waals surface area contributed by atoms with Crippen LogP contribution in [0.1, 0.15) is 16.8 Å². The molecule has 0 aliphatic carbocycles. The highest BCUT2D eigenvalue weighted by Crippen LogP contribution is 2.21. The Morgan fingerprint density at radius 3 is 2.11 bits per heavy atom. The molecular weight excluding hydrogens is 342 g/mol. The summed E-state index contributed by atoms with van der Waals surface area (Å²) in [6, 6.07) is 18.3. The van der Waals surface area contributed by atoms with Crippen molar-refractivity contribution in [2.24, 2.45) is 0 Å². The standard InChI is InChI=1S/C21H23N3O3/c25-20(17-8-6-16(7-9-17)15-4-2-1-3-5-15)24-13-19(14-24)22-18-10-11-23(12-18)21(26)27/h1-9,18-19,22H,10-14H2,(H,26,27). The van der Waals surface area contributed by atoms with Gasteiger partial charge in [0.1, 0.15) is 0 Å². The van der Waals surface area contributed by atoms with Crippen LogP contribution < -0.4 is 5.32 Å². The van der Waals surface area contributed by atoms with Gasteiger partial charge in [-0.1, -0.05) is 42.5 Å². The van der Waals surface area contributed by atoms with Gasteiger partial charge in [0.2, 0.25) is 0 Å². The molecule has 0 spiro atoms. The topological polar surface area (TPSA) is 72.9 Å². The normalized spacial score (nSPS) is 19.8. The van der Waals surface area contributed by atoms with Crippen molar-refractivity contribution in [3.63, 3.8) is 0 Å². The lowest BCUT2D eigenvalue weighted by molar-refractivity contribution is 0.0553. The zero-order valence-corrected chi connectivity index (χ0v) is 15.0. The van der Waals surface area contributed by atoms with Gasteiger partial charge in [-0.2, -0.15) is 0 Å². The number of rotatable bonds is 4. The summed E-state index contributed by atoms with van der Waals surface area (Å²) in [7, 11) is 0. The first-order chi connectivity index (χ1) is 13.1. The average Bonchev–Trinajstić information content (AvgIpc) is 3.14. The molecule has 1 unspecified atom stereocenters. The second-order valence-electron chi connectivity index (χ2n) is 7.23. The number of carbonyl (C=O) groups excluding carboxylic acids is 1. The number of hydrogen-bond acceptors (Lipinski definition) is 3. The number of amides is 2. The first kappa shape index (κ1) is 17.5. The maximum atomic E-state index is 12.6. The third kappa shape index (κ3) is 3.80. The fourth-order valence-electron chi connectivity index (χ4n) is 3.77. The van der Waals surface area contributed by atoms with Crippen molar-refractivity contribution in [3.8, 4) is 11.1 Å².